The van der Waals surface area contributed by atoms with E-state index in [0.717, 1.165) is 0 Å². The van der Waals surface area contributed by atoms with E-state index in [4.69, 9.17) is 9.84 Å². The Balaban J connectivity index is 2.94. The summed E-state index contributed by atoms with van der Waals surface area (Å²) in [7, 11) is 0. The molecule has 0 bridgehead atoms. The summed E-state index contributed by atoms with van der Waals surface area (Å²) in [4.78, 5) is 18.3. The fraction of sp³-hybridized carbons (Fsp3) is 0.444. The molecule has 0 saturated carbocycles. The van der Waals surface area contributed by atoms with Gasteiger partial charge in [0.25, 0.3) is 0 Å². The molecule has 0 saturated heterocycles. The lowest BCUT2D eigenvalue weighted by Crippen LogP contribution is -2.07. The average molecular weight is 196 g/mol. The van der Waals surface area contributed by atoms with Crippen LogP contribution < -0.4 is 4.74 Å². The maximum atomic E-state index is 10.5. The van der Waals surface area contributed by atoms with E-state index in [9.17, 15) is 4.79 Å². The summed E-state index contributed by atoms with van der Waals surface area (Å²) >= 11 is 0. The van der Waals surface area contributed by atoms with Crippen molar-refractivity contribution in [3.63, 3.8) is 0 Å². The number of hydrogen-bond donors (Lipinski definition) is 1. The zero-order valence-electron chi connectivity index (χ0n) is 8.15. The van der Waals surface area contributed by atoms with Gasteiger partial charge in [0.15, 0.2) is 0 Å². The first kappa shape index (κ1) is 10.4. The summed E-state index contributed by atoms with van der Waals surface area (Å²) in [5.74, 6) is -0.451. The van der Waals surface area contributed by atoms with Crippen LogP contribution in [0.25, 0.3) is 0 Å². The van der Waals surface area contributed by atoms with Crippen LogP contribution in [-0.2, 0) is 11.2 Å². The lowest BCUT2D eigenvalue weighted by atomic mass is 10.2. The van der Waals surface area contributed by atoms with Gasteiger partial charge in [0, 0.05) is 5.56 Å². The molecule has 0 unspecified atom stereocenters. The Morgan fingerprint density at radius 1 is 1.57 bits per heavy atom. The molecule has 0 aliphatic rings. The molecule has 1 N–H and O–H groups in total. The van der Waals surface area contributed by atoms with Crippen LogP contribution >= 0.6 is 0 Å². The third kappa shape index (κ3) is 2.42. The monoisotopic (exact) mass is 196 g/mol. The molecule has 0 spiro atoms. The van der Waals surface area contributed by atoms with E-state index in [1.165, 1.54) is 6.33 Å². The largest absolute Gasteiger partial charge is 0.481 e. The van der Waals surface area contributed by atoms with E-state index in [2.05, 4.69) is 9.97 Å². The summed E-state index contributed by atoms with van der Waals surface area (Å²) in [5, 5.41) is 8.61. The number of aliphatic carboxylic acids is 1. The van der Waals surface area contributed by atoms with Crippen molar-refractivity contribution in [1.29, 1.82) is 0 Å². The van der Waals surface area contributed by atoms with E-state index in [-0.39, 0.29) is 6.42 Å². The van der Waals surface area contributed by atoms with E-state index >= 15 is 0 Å². The molecule has 0 aromatic carbocycles. The smallest absolute Gasteiger partial charge is 0.309 e. The van der Waals surface area contributed by atoms with Gasteiger partial charge in [-0.2, -0.15) is 0 Å². The van der Waals surface area contributed by atoms with Crippen molar-refractivity contribution in [1.82, 2.24) is 9.97 Å². The molecular formula is C9H12N2O3. The second kappa shape index (κ2) is 4.55. The molecule has 0 atom stereocenters. The van der Waals surface area contributed by atoms with Crippen LogP contribution in [0.15, 0.2) is 6.33 Å². The molecule has 0 fully saturated rings. The Bertz CT molecular complexity index is 339. The molecule has 5 heteroatoms. The number of carboxylic acid groups (broad SMARTS) is 1. The number of carbonyl (C=O) groups is 1. The van der Waals surface area contributed by atoms with Crippen molar-refractivity contribution in [2.24, 2.45) is 0 Å². The molecule has 14 heavy (non-hydrogen) atoms. The molecular weight excluding hydrogens is 184 g/mol. The third-order valence-electron chi connectivity index (χ3n) is 1.74. The zero-order chi connectivity index (χ0) is 10.6. The minimum absolute atomic E-state index is 0.103. The average Bonchev–Trinajstić information content (AvgIpc) is 2.11. The molecule has 0 aliphatic heterocycles. The maximum absolute atomic E-state index is 10.5. The summed E-state index contributed by atoms with van der Waals surface area (Å²) in [5.41, 5.74) is 1.19. The van der Waals surface area contributed by atoms with Gasteiger partial charge in [-0.1, -0.05) is 0 Å². The van der Waals surface area contributed by atoms with Crippen LogP contribution in [0, 0.1) is 6.92 Å². The number of carboxylic acids is 1. The molecule has 1 rings (SSSR count). The van der Waals surface area contributed by atoms with Crippen LogP contribution in [0.3, 0.4) is 0 Å². The standard InChI is InChI=1S/C9H12N2O3/c1-3-14-9-6(2)7(4-8(12)13)10-5-11-9/h5H,3-4H2,1-2H3,(H,12,13). The van der Waals surface area contributed by atoms with E-state index in [1.807, 2.05) is 6.92 Å². The highest BCUT2D eigenvalue weighted by molar-refractivity contribution is 5.70. The van der Waals surface area contributed by atoms with Crippen LogP contribution in [0.2, 0.25) is 0 Å². The minimum atomic E-state index is -0.908. The Kier molecular flexibility index (Phi) is 3.39. The summed E-state index contributed by atoms with van der Waals surface area (Å²) in [6, 6.07) is 0. The number of hydrogen-bond acceptors (Lipinski definition) is 4. The fourth-order valence-corrected chi connectivity index (χ4v) is 1.07. The van der Waals surface area contributed by atoms with Crippen molar-refractivity contribution in [2.75, 3.05) is 6.61 Å². The molecule has 1 aromatic rings. The van der Waals surface area contributed by atoms with Gasteiger partial charge in [-0.25, -0.2) is 9.97 Å². The second-order valence-electron chi connectivity index (χ2n) is 2.75. The van der Waals surface area contributed by atoms with E-state index in [1.54, 1.807) is 6.92 Å². The number of aromatic nitrogens is 2. The normalized spacial score (nSPS) is 9.86. The lowest BCUT2D eigenvalue weighted by molar-refractivity contribution is -0.136. The van der Waals surface area contributed by atoms with Gasteiger partial charge in [-0.05, 0) is 13.8 Å². The van der Waals surface area contributed by atoms with Gasteiger partial charge in [0.1, 0.15) is 6.33 Å². The summed E-state index contributed by atoms with van der Waals surface area (Å²) in [6.45, 7) is 4.10. The first-order chi connectivity index (χ1) is 6.65. The van der Waals surface area contributed by atoms with Crippen molar-refractivity contribution < 1.29 is 14.6 Å². The van der Waals surface area contributed by atoms with Crippen molar-refractivity contribution >= 4 is 5.97 Å². The fourth-order valence-electron chi connectivity index (χ4n) is 1.07. The highest BCUT2D eigenvalue weighted by atomic mass is 16.5. The lowest BCUT2D eigenvalue weighted by Gasteiger charge is -2.07. The molecule has 0 radical (unpaired) electrons. The van der Waals surface area contributed by atoms with Gasteiger partial charge in [-0.15, -0.1) is 0 Å². The molecule has 76 valence electrons. The number of nitrogens with zero attached hydrogens (tertiary/aromatic N) is 2. The summed E-state index contributed by atoms with van der Waals surface area (Å²) in [6.07, 6.45) is 1.21. The van der Waals surface area contributed by atoms with E-state index < -0.39 is 5.97 Å². The van der Waals surface area contributed by atoms with Gasteiger partial charge >= 0.3 is 5.97 Å². The van der Waals surface area contributed by atoms with Crippen LogP contribution in [0.4, 0.5) is 0 Å². The first-order valence-electron chi connectivity index (χ1n) is 4.30. The van der Waals surface area contributed by atoms with Gasteiger partial charge in [-0.3, -0.25) is 4.79 Å². The van der Waals surface area contributed by atoms with E-state index in [0.29, 0.717) is 23.7 Å². The van der Waals surface area contributed by atoms with Gasteiger partial charge in [0.05, 0.1) is 18.7 Å². The minimum Gasteiger partial charge on any atom is -0.481 e. The quantitative estimate of drug-likeness (QED) is 0.771. The third-order valence-corrected chi connectivity index (χ3v) is 1.74. The molecule has 1 aromatic heterocycles. The SMILES string of the molecule is CCOc1ncnc(CC(=O)O)c1C. The second-order valence-corrected chi connectivity index (χ2v) is 2.75. The Hall–Kier alpha value is -1.65. The molecule has 0 aliphatic carbocycles. The highest BCUT2D eigenvalue weighted by Gasteiger charge is 2.10. The number of rotatable bonds is 4. The topological polar surface area (TPSA) is 72.3 Å². The Labute approximate surface area is 81.8 Å². The molecule has 0 amide bonds. The van der Waals surface area contributed by atoms with Crippen molar-refractivity contribution in [3.05, 3.63) is 17.6 Å². The maximum Gasteiger partial charge on any atom is 0.309 e. The number of ether oxygens (including phenoxy) is 1. The first-order valence-corrected chi connectivity index (χ1v) is 4.30. The highest BCUT2D eigenvalue weighted by Crippen LogP contribution is 2.16. The predicted molar refractivity (Wildman–Crippen MR) is 49.3 cm³/mol. The van der Waals surface area contributed by atoms with Crippen LogP contribution in [0.5, 0.6) is 5.88 Å². The van der Waals surface area contributed by atoms with Crippen LogP contribution in [-0.4, -0.2) is 27.7 Å². The Morgan fingerprint density at radius 3 is 2.86 bits per heavy atom. The molecule has 1 heterocycles. The van der Waals surface area contributed by atoms with Gasteiger partial charge < -0.3 is 9.84 Å². The summed E-state index contributed by atoms with van der Waals surface area (Å²) < 4.78 is 5.21. The molecule has 5 nitrogen and oxygen atoms in total. The van der Waals surface area contributed by atoms with Gasteiger partial charge in [0.2, 0.25) is 5.88 Å². The van der Waals surface area contributed by atoms with Crippen molar-refractivity contribution in [3.8, 4) is 5.88 Å². The predicted octanol–water partition coefficient (Wildman–Crippen LogP) is 0.811. The zero-order valence-corrected chi connectivity index (χ0v) is 8.15. The van der Waals surface area contributed by atoms with Crippen molar-refractivity contribution in [2.45, 2.75) is 20.3 Å². The Morgan fingerprint density at radius 2 is 2.29 bits per heavy atom. The van der Waals surface area contributed by atoms with Crippen LogP contribution in [0.1, 0.15) is 18.2 Å².